The molecule has 2 aliphatic rings. The molecule has 0 bridgehead atoms. The SMILES string of the molecule is C=CC1=CC[C@H]2C(=O)C(c3ccccc3)=CC(=O)[C@@]2(c2ccccc2)[C@H]1c1cccc(C)c1O. The molecule has 0 amide bonds. The summed E-state index contributed by atoms with van der Waals surface area (Å²) in [7, 11) is 0. The van der Waals surface area contributed by atoms with Crippen molar-refractivity contribution in [3.05, 3.63) is 131 Å². The fourth-order valence-corrected chi connectivity index (χ4v) is 5.77. The number of Topliss-reactive ketones (excluding diaryl/α,β-unsaturated/α-hetero) is 1. The Bertz CT molecular complexity index is 1350. The number of hydrogen-bond donors (Lipinski definition) is 1. The second-order valence-electron chi connectivity index (χ2n) is 9.03. The number of fused-ring (bicyclic) bond motifs is 1. The Kier molecular flexibility index (Phi) is 5.41. The zero-order chi connectivity index (χ0) is 23.9. The summed E-state index contributed by atoms with van der Waals surface area (Å²) in [4.78, 5) is 28.4. The van der Waals surface area contributed by atoms with Crippen molar-refractivity contribution in [3.8, 4) is 5.75 Å². The molecule has 0 aliphatic heterocycles. The lowest BCUT2D eigenvalue weighted by atomic mass is 9.50. The number of aryl methyl sites for hydroxylation is 1. The number of phenols is 1. The van der Waals surface area contributed by atoms with E-state index in [1.165, 1.54) is 6.08 Å². The Morgan fingerprint density at radius 1 is 0.941 bits per heavy atom. The van der Waals surface area contributed by atoms with Gasteiger partial charge < -0.3 is 5.11 Å². The van der Waals surface area contributed by atoms with Gasteiger partial charge in [-0.25, -0.2) is 0 Å². The summed E-state index contributed by atoms with van der Waals surface area (Å²) in [6, 6.07) is 24.5. The molecule has 3 heteroatoms. The second kappa shape index (κ2) is 8.42. The van der Waals surface area contributed by atoms with Gasteiger partial charge in [0.05, 0.1) is 5.41 Å². The molecule has 0 heterocycles. The lowest BCUT2D eigenvalue weighted by Gasteiger charge is -2.50. The summed E-state index contributed by atoms with van der Waals surface area (Å²) < 4.78 is 0. The first kappa shape index (κ1) is 21.8. The van der Waals surface area contributed by atoms with Crippen LogP contribution in [-0.2, 0) is 15.0 Å². The smallest absolute Gasteiger partial charge is 0.168 e. The van der Waals surface area contributed by atoms with E-state index in [0.717, 1.165) is 22.3 Å². The predicted octanol–water partition coefficient (Wildman–Crippen LogP) is 6.09. The van der Waals surface area contributed by atoms with Gasteiger partial charge in [-0.1, -0.05) is 97.6 Å². The molecule has 168 valence electrons. The third-order valence-electron chi connectivity index (χ3n) is 7.34. The zero-order valence-electron chi connectivity index (χ0n) is 19.1. The first-order valence-corrected chi connectivity index (χ1v) is 11.5. The van der Waals surface area contributed by atoms with Gasteiger partial charge in [-0.3, -0.25) is 9.59 Å². The molecule has 0 fully saturated rings. The van der Waals surface area contributed by atoms with E-state index in [-0.39, 0.29) is 17.3 Å². The van der Waals surface area contributed by atoms with E-state index in [9.17, 15) is 14.7 Å². The number of ketones is 2. The normalized spacial score (nSPS) is 24.1. The van der Waals surface area contributed by atoms with E-state index in [1.807, 2.05) is 91.9 Å². The van der Waals surface area contributed by atoms with Crippen molar-refractivity contribution in [2.75, 3.05) is 0 Å². The standard InChI is InChI=1S/C31H26O3/c1-3-21-17-18-26-30(34)25(22-12-6-4-7-13-22)19-27(32)31(26,23-14-8-5-9-15-23)28(21)24-16-10-11-20(2)29(24)33/h3-17,19,26,28,33H,1,18H2,2H3/t26-,28+,31-/m0/s1. The van der Waals surface area contributed by atoms with E-state index in [0.29, 0.717) is 17.6 Å². The van der Waals surface area contributed by atoms with Crippen LogP contribution in [0, 0.1) is 12.8 Å². The van der Waals surface area contributed by atoms with Gasteiger partial charge in [0.1, 0.15) is 5.75 Å². The minimum atomic E-state index is -1.18. The van der Waals surface area contributed by atoms with Crippen LogP contribution in [0.5, 0.6) is 5.75 Å². The molecule has 5 rings (SSSR count). The number of phenolic OH excluding ortho intramolecular Hbond substituents is 1. The fourth-order valence-electron chi connectivity index (χ4n) is 5.77. The summed E-state index contributed by atoms with van der Waals surface area (Å²) in [6.45, 7) is 5.86. The molecule has 0 spiro atoms. The highest BCUT2D eigenvalue weighted by molar-refractivity contribution is 6.31. The van der Waals surface area contributed by atoms with Crippen LogP contribution >= 0.6 is 0 Å². The minimum absolute atomic E-state index is 0.0499. The van der Waals surface area contributed by atoms with Crippen molar-refractivity contribution in [1.82, 2.24) is 0 Å². The van der Waals surface area contributed by atoms with Crippen molar-refractivity contribution < 1.29 is 14.7 Å². The number of benzene rings is 3. The summed E-state index contributed by atoms with van der Waals surface area (Å²) in [6.07, 6.45) is 5.70. The highest BCUT2D eigenvalue weighted by atomic mass is 16.3. The Morgan fingerprint density at radius 3 is 2.29 bits per heavy atom. The Balaban J connectivity index is 1.84. The van der Waals surface area contributed by atoms with Crippen LogP contribution in [0.2, 0.25) is 0 Å². The number of carbonyl (C=O) groups excluding carboxylic acids is 2. The van der Waals surface area contributed by atoms with Crippen molar-refractivity contribution >= 4 is 17.1 Å². The maximum Gasteiger partial charge on any atom is 0.168 e. The summed E-state index contributed by atoms with van der Waals surface area (Å²) in [5.41, 5.74) is 3.00. The van der Waals surface area contributed by atoms with E-state index in [1.54, 1.807) is 6.08 Å². The van der Waals surface area contributed by atoms with Gasteiger partial charge in [0.15, 0.2) is 11.6 Å². The van der Waals surface area contributed by atoms with Crippen LogP contribution in [0.3, 0.4) is 0 Å². The molecule has 3 nitrogen and oxygen atoms in total. The largest absolute Gasteiger partial charge is 0.507 e. The highest BCUT2D eigenvalue weighted by Crippen LogP contribution is 2.58. The van der Waals surface area contributed by atoms with Crippen molar-refractivity contribution in [2.24, 2.45) is 5.92 Å². The van der Waals surface area contributed by atoms with Gasteiger partial charge in [0, 0.05) is 23.0 Å². The highest BCUT2D eigenvalue weighted by Gasteiger charge is 2.59. The van der Waals surface area contributed by atoms with Crippen LogP contribution < -0.4 is 0 Å². The van der Waals surface area contributed by atoms with Crippen LogP contribution in [0.25, 0.3) is 5.57 Å². The zero-order valence-corrected chi connectivity index (χ0v) is 19.1. The molecule has 3 atom stereocenters. The van der Waals surface area contributed by atoms with E-state index >= 15 is 0 Å². The van der Waals surface area contributed by atoms with Gasteiger partial charge in [-0.2, -0.15) is 0 Å². The number of rotatable bonds is 4. The summed E-state index contributed by atoms with van der Waals surface area (Å²) in [5.74, 6) is -1.17. The molecule has 0 unspecified atom stereocenters. The number of para-hydroxylation sites is 1. The van der Waals surface area contributed by atoms with Gasteiger partial charge in [0.25, 0.3) is 0 Å². The van der Waals surface area contributed by atoms with Crippen molar-refractivity contribution in [1.29, 1.82) is 0 Å². The molecule has 1 N–H and O–H groups in total. The number of hydrogen-bond acceptors (Lipinski definition) is 3. The lowest BCUT2D eigenvalue weighted by molar-refractivity contribution is -0.131. The molecule has 34 heavy (non-hydrogen) atoms. The van der Waals surface area contributed by atoms with Gasteiger partial charge in [0.2, 0.25) is 0 Å². The van der Waals surface area contributed by atoms with Crippen molar-refractivity contribution in [2.45, 2.75) is 24.7 Å². The van der Waals surface area contributed by atoms with Crippen molar-refractivity contribution in [3.63, 3.8) is 0 Å². The second-order valence-corrected chi connectivity index (χ2v) is 9.03. The monoisotopic (exact) mass is 446 g/mol. The number of allylic oxidation sites excluding steroid dienone is 5. The Morgan fingerprint density at radius 2 is 1.62 bits per heavy atom. The van der Waals surface area contributed by atoms with Crippen LogP contribution in [0.1, 0.15) is 34.6 Å². The number of aromatic hydroxyl groups is 1. The summed E-state index contributed by atoms with van der Waals surface area (Å²) in [5, 5.41) is 11.1. The quantitative estimate of drug-likeness (QED) is 0.528. The molecule has 3 aromatic carbocycles. The average molecular weight is 447 g/mol. The first-order valence-electron chi connectivity index (χ1n) is 11.5. The fraction of sp³-hybridized carbons (Fsp3) is 0.161. The molecule has 2 aliphatic carbocycles. The molecule has 0 radical (unpaired) electrons. The first-order chi connectivity index (χ1) is 16.5. The molecule has 0 saturated heterocycles. The predicted molar refractivity (Wildman–Crippen MR) is 135 cm³/mol. The van der Waals surface area contributed by atoms with E-state index in [2.05, 4.69) is 6.58 Å². The third-order valence-corrected chi connectivity index (χ3v) is 7.34. The third kappa shape index (κ3) is 3.12. The van der Waals surface area contributed by atoms with E-state index in [4.69, 9.17) is 0 Å². The molecular formula is C31H26O3. The Labute approximate surface area is 199 Å². The molecular weight excluding hydrogens is 420 g/mol. The molecule has 0 saturated carbocycles. The maximum atomic E-state index is 14.3. The van der Waals surface area contributed by atoms with E-state index < -0.39 is 17.3 Å². The maximum absolute atomic E-state index is 14.3. The molecule has 3 aromatic rings. The average Bonchev–Trinajstić information content (AvgIpc) is 2.88. The molecule has 0 aromatic heterocycles. The topological polar surface area (TPSA) is 54.4 Å². The lowest BCUT2D eigenvalue weighted by Crippen LogP contribution is -2.54. The Hall–Kier alpha value is -3.98. The van der Waals surface area contributed by atoms with Gasteiger partial charge in [-0.15, -0.1) is 0 Å². The van der Waals surface area contributed by atoms with Crippen LogP contribution in [0.15, 0.2) is 109 Å². The van der Waals surface area contributed by atoms with Gasteiger partial charge in [-0.05, 0) is 41.7 Å². The van der Waals surface area contributed by atoms with Gasteiger partial charge >= 0.3 is 0 Å². The summed E-state index contributed by atoms with van der Waals surface area (Å²) >= 11 is 0. The van der Waals surface area contributed by atoms with Crippen LogP contribution in [0.4, 0.5) is 0 Å². The van der Waals surface area contributed by atoms with Crippen LogP contribution in [-0.4, -0.2) is 16.7 Å². The minimum Gasteiger partial charge on any atom is -0.507 e. The number of carbonyl (C=O) groups is 2.